The number of ether oxygens (including phenoxy) is 1. The third-order valence-electron chi connectivity index (χ3n) is 3.84. The van der Waals surface area contributed by atoms with Gasteiger partial charge in [-0.15, -0.1) is 0 Å². The Labute approximate surface area is 165 Å². The van der Waals surface area contributed by atoms with Crippen LogP contribution in [0.4, 0.5) is 5.69 Å². The molecule has 0 aliphatic heterocycles. The van der Waals surface area contributed by atoms with Crippen LogP contribution in [0.5, 0.6) is 0 Å². The second-order valence-electron chi connectivity index (χ2n) is 7.05. The highest BCUT2D eigenvalue weighted by atomic mass is 16.5. The third kappa shape index (κ3) is 6.89. The number of carbonyl (C=O) groups excluding carboxylic acids is 2. The lowest BCUT2D eigenvalue weighted by Crippen LogP contribution is -2.36. The molecular weight excluding hydrogens is 356 g/mol. The minimum atomic E-state index is -1.00. The molecule has 0 saturated heterocycles. The molecule has 0 unspecified atom stereocenters. The van der Waals surface area contributed by atoms with Crippen LogP contribution in [0, 0.1) is 0 Å². The fourth-order valence-corrected chi connectivity index (χ4v) is 2.36. The van der Waals surface area contributed by atoms with Gasteiger partial charge in [0.05, 0.1) is 5.60 Å². The number of esters is 1. The molecule has 0 heterocycles. The number of rotatable bonds is 8. The molecule has 6 heteroatoms. The van der Waals surface area contributed by atoms with Gasteiger partial charge in [0.2, 0.25) is 0 Å². The molecule has 148 valence electrons. The van der Waals surface area contributed by atoms with E-state index in [1.54, 1.807) is 45.0 Å². The highest BCUT2D eigenvalue weighted by molar-refractivity contribution is 6.21. The highest BCUT2D eigenvalue weighted by Crippen LogP contribution is 2.13. The molecule has 1 amide bonds. The number of hydrogen-bond donors (Lipinski definition) is 3. The molecule has 2 aromatic rings. The normalized spacial score (nSPS) is 12.0. The molecule has 0 radical (unpaired) electrons. The van der Waals surface area contributed by atoms with Crippen molar-refractivity contribution in [1.29, 1.82) is 0 Å². The van der Waals surface area contributed by atoms with Gasteiger partial charge >= 0.3 is 5.97 Å². The quantitative estimate of drug-likeness (QED) is 0.283. The van der Waals surface area contributed by atoms with Gasteiger partial charge in [0.1, 0.15) is 12.2 Å². The first-order chi connectivity index (χ1) is 13.3. The lowest BCUT2D eigenvalue weighted by molar-refractivity contribution is -0.141. The van der Waals surface area contributed by atoms with Gasteiger partial charge in [0, 0.05) is 17.9 Å². The zero-order valence-electron chi connectivity index (χ0n) is 16.4. The number of anilines is 1. The van der Waals surface area contributed by atoms with Crippen molar-refractivity contribution in [1.82, 2.24) is 5.32 Å². The van der Waals surface area contributed by atoms with Crippen molar-refractivity contribution in [2.45, 2.75) is 33.0 Å². The van der Waals surface area contributed by atoms with Gasteiger partial charge in [0.15, 0.2) is 0 Å². The van der Waals surface area contributed by atoms with Crippen LogP contribution in [0.2, 0.25) is 0 Å². The number of nitrogens with one attached hydrogen (secondary N) is 2. The first-order valence-electron chi connectivity index (χ1n) is 9.01. The summed E-state index contributed by atoms with van der Waals surface area (Å²) in [6.07, 6.45) is 0. The maximum absolute atomic E-state index is 12.8. The minimum absolute atomic E-state index is 0.0561. The summed E-state index contributed by atoms with van der Waals surface area (Å²) in [6, 6.07) is 18.1. The molecule has 28 heavy (non-hydrogen) atoms. The Bertz CT molecular complexity index is 825. The van der Waals surface area contributed by atoms with Gasteiger partial charge in [-0.05, 0) is 38.5 Å². The van der Waals surface area contributed by atoms with E-state index in [1.165, 1.54) is 0 Å². The van der Waals surface area contributed by atoms with Crippen molar-refractivity contribution in [2.24, 2.45) is 0 Å². The van der Waals surface area contributed by atoms with Gasteiger partial charge in [-0.25, -0.2) is 4.79 Å². The van der Waals surface area contributed by atoms with Crippen LogP contribution in [0.1, 0.15) is 26.3 Å². The molecule has 0 atom stereocenters. The van der Waals surface area contributed by atoms with Crippen LogP contribution >= 0.6 is 0 Å². The van der Waals surface area contributed by atoms with Crippen LogP contribution in [-0.4, -0.2) is 29.1 Å². The van der Waals surface area contributed by atoms with Gasteiger partial charge < -0.3 is 20.5 Å². The fourth-order valence-electron chi connectivity index (χ4n) is 2.36. The summed E-state index contributed by atoms with van der Waals surface area (Å²) in [5, 5.41) is 15.5. The number of hydrogen-bond acceptors (Lipinski definition) is 5. The summed E-state index contributed by atoms with van der Waals surface area (Å²) >= 11 is 0. The maximum atomic E-state index is 12.8. The largest absolute Gasteiger partial charge is 0.457 e. The second-order valence-corrected chi connectivity index (χ2v) is 7.05. The molecule has 0 aliphatic carbocycles. The minimum Gasteiger partial charge on any atom is -0.457 e. The first-order valence-corrected chi connectivity index (χ1v) is 9.01. The van der Waals surface area contributed by atoms with Gasteiger partial charge in [-0.3, -0.25) is 4.79 Å². The molecule has 0 aromatic heterocycles. The summed E-state index contributed by atoms with van der Waals surface area (Å²) in [7, 11) is 0. The first kappa shape index (κ1) is 21.2. The molecule has 0 bridgehead atoms. The maximum Gasteiger partial charge on any atom is 0.345 e. The van der Waals surface area contributed by atoms with Gasteiger partial charge in [-0.2, -0.15) is 0 Å². The molecule has 6 nitrogen and oxygen atoms in total. The highest BCUT2D eigenvalue weighted by Gasteiger charge is 2.24. The van der Waals surface area contributed by atoms with E-state index in [2.05, 4.69) is 10.6 Å². The predicted molar refractivity (Wildman–Crippen MR) is 108 cm³/mol. The van der Waals surface area contributed by atoms with Crippen molar-refractivity contribution in [3.8, 4) is 0 Å². The number of amides is 1. The smallest absolute Gasteiger partial charge is 0.345 e. The fraction of sp³-hybridized carbons (Fsp3) is 0.273. The van der Waals surface area contributed by atoms with Crippen molar-refractivity contribution in [2.75, 3.05) is 11.9 Å². The van der Waals surface area contributed by atoms with Crippen LogP contribution in [0.3, 0.4) is 0 Å². The molecule has 0 spiro atoms. The summed E-state index contributed by atoms with van der Waals surface area (Å²) in [5.74, 6) is -1.32. The Kier molecular flexibility index (Phi) is 7.35. The van der Waals surface area contributed by atoms with Crippen molar-refractivity contribution >= 4 is 17.6 Å². The Hall–Kier alpha value is -3.12. The van der Waals surface area contributed by atoms with E-state index < -0.39 is 17.5 Å². The topological polar surface area (TPSA) is 87.7 Å². The van der Waals surface area contributed by atoms with E-state index in [-0.39, 0.29) is 18.7 Å². The molecule has 2 aromatic carbocycles. The Morgan fingerprint density at radius 2 is 1.57 bits per heavy atom. The number of benzene rings is 2. The van der Waals surface area contributed by atoms with Crippen molar-refractivity contribution in [3.05, 3.63) is 77.5 Å². The van der Waals surface area contributed by atoms with Gasteiger partial charge in [0.25, 0.3) is 5.91 Å². The Morgan fingerprint density at radius 3 is 2.14 bits per heavy atom. The molecule has 0 saturated carbocycles. The summed E-state index contributed by atoms with van der Waals surface area (Å²) in [4.78, 5) is 25.4. The van der Waals surface area contributed by atoms with Crippen LogP contribution in [-0.2, 0) is 20.9 Å². The Balaban J connectivity index is 2.18. The van der Waals surface area contributed by atoms with Crippen molar-refractivity contribution in [3.63, 3.8) is 0 Å². The molecule has 2 rings (SSSR count). The van der Waals surface area contributed by atoms with E-state index in [4.69, 9.17) is 4.74 Å². The van der Waals surface area contributed by atoms with Crippen LogP contribution < -0.4 is 10.6 Å². The van der Waals surface area contributed by atoms with Gasteiger partial charge in [-0.1, -0.05) is 48.5 Å². The number of aliphatic hydroxyl groups is 1. The number of allylic oxidation sites excluding steroid dienone is 1. The molecule has 3 N–H and O–H groups in total. The second kappa shape index (κ2) is 9.71. The summed E-state index contributed by atoms with van der Waals surface area (Å²) in [5.41, 5.74) is 0.575. The predicted octanol–water partition coefficient (Wildman–Crippen LogP) is 3.00. The zero-order valence-corrected chi connectivity index (χ0v) is 16.4. The lowest BCUT2D eigenvalue weighted by atomic mass is 10.1. The average molecular weight is 382 g/mol. The number of para-hydroxylation sites is 1. The van der Waals surface area contributed by atoms with Crippen LogP contribution in [0.25, 0.3) is 0 Å². The lowest BCUT2D eigenvalue weighted by Gasteiger charge is -2.20. The summed E-state index contributed by atoms with van der Waals surface area (Å²) < 4.78 is 5.34. The molecule has 0 fully saturated rings. The standard InChI is InChI=1S/C22H26N2O4/c1-16(23-15-22(2,3)27)19(20(25)24-18-12-8-5-9-13-18)21(26)28-14-17-10-6-4-7-11-17/h4-13,23,27H,14-15H2,1-3H3,(H,24,25)/b19-16+. The SMILES string of the molecule is C/C(NCC(C)(C)O)=C(/C(=O)Nc1ccccc1)C(=O)OCc1ccccc1. The monoisotopic (exact) mass is 382 g/mol. The van der Waals surface area contributed by atoms with E-state index in [1.807, 2.05) is 36.4 Å². The van der Waals surface area contributed by atoms with E-state index in [0.717, 1.165) is 5.56 Å². The van der Waals surface area contributed by atoms with E-state index in [9.17, 15) is 14.7 Å². The molecule has 0 aliphatic rings. The zero-order chi connectivity index (χ0) is 20.6. The van der Waals surface area contributed by atoms with Crippen LogP contribution in [0.15, 0.2) is 71.9 Å². The Morgan fingerprint density at radius 1 is 1.00 bits per heavy atom. The third-order valence-corrected chi connectivity index (χ3v) is 3.84. The van der Waals surface area contributed by atoms with Crippen molar-refractivity contribution < 1.29 is 19.4 Å². The van der Waals surface area contributed by atoms with E-state index >= 15 is 0 Å². The number of carbonyl (C=O) groups is 2. The molecular formula is C22H26N2O4. The average Bonchev–Trinajstić information content (AvgIpc) is 2.66. The van der Waals surface area contributed by atoms with E-state index in [0.29, 0.717) is 11.4 Å². The summed E-state index contributed by atoms with van der Waals surface area (Å²) in [6.45, 7) is 5.10.